The highest BCUT2D eigenvalue weighted by Crippen LogP contribution is 2.52. The van der Waals surface area contributed by atoms with Gasteiger partial charge in [0.15, 0.2) is 0 Å². The van der Waals surface area contributed by atoms with Gasteiger partial charge in [0.25, 0.3) is 0 Å². The van der Waals surface area contributed by atoms with Crippen molar-refractivity contribution >= 4 is 6.29 Å². The molecule has 1 aliphatic heterocycles. The molecule has 1 unspecified atom stereocenters. The van der Waals surface area contributed by atoms with Crippen molar-refractivity contribution in [2.75, 3.05) is 13.6 Å². The van der Waals surface area contributed by atoms with Gasteiger partial charge in [0, 0.05) is 12.5 Å². The monoisotopic (exact) mass is 153 g/mol. The van der Waals surface area contributed by atoms with E-state index in [1.807, 2.05) is 0 Å². The first-order valence-corrected chi connectivity index (χ1v) is 4.48. The minimum atomic E-state index is 0.769. The van der Waals surface area contributed by atoms with Crippen molar-refractivity contribution in [2.45, 2.75) is 25.3 Å². The van der Waals surface area contributed by atoms with E-state index in [9.17, 15) is 4.79 Å². The largest absolute Gasteiger partial charge is 0.303 e. The molecule has 11 heavy (non-hydrogen) atoms. The summed E-state index contributed by atoms with van der Waals surface area (Å²) in [5, 5.41) is 0. The Morgan fingerprint density at radius 2 is 2.45 bits per heavy atom. The van der Waals surface area contributed by atoms with Crippen molar-refractivity contribution in [1.82, 2.24) is 4.90 Å². The second-order valence-corrected chi connectivity index (χ2v) is 3.83. The molecule has 2 heteroatoms. The second-order valence-electron chi connectivity index (χ2n) is 3.83. The molecular weight excluding hydrogens is 138 g/mol. The minimum Gasteiger partial charge on any atom is -0.303 e. The van der Waals surface area contributed by atoms with Crippen molar-refractivity contribution in [3.05, 3.63) is 0 Å². The average Bonchev–Trinajstić information content (AvgIpc) is 2.58. The average molecular weight is 153 g/mol. The predicted octanol–water partition coefficient (Wildman–Crippen LogP) is 0.916. The molecule has 2 rings (SSSR count). The maximum atomic E-state index is 10.1. The molecule has 1 saturated heterocycles. The molecule has 1 saturated carbocycles. The molecule has 0 bridgehead atoms. The molecule has 2 fully saturated rings. The normalized spacial score (nSPS) is 42.1. The van der Waals surface area contributed by atoms with Crippen LogP contribution in [0.25, 0.3) is 0 Å². The van der Waals surface area contributed by atoms with E-state index in [-0.39, 0.29) is 0 Å². The first kappa shape index (κ1) is 7.29. The van der Waals surface area contributed by atoms with Crippen molar-refractivity contribution < 1.29 is 4.79 Å². The summed E-state index contributed by atoms with van der Waals surface area (Å²) in [5.41, 5.74) is 0. The van der Waals surface area contributed by atoms with Gasteiger partial charge in [-0.05, 0) is 38.3 Å². The molecule has 0 aromatic heterocycles. The second kappa shape index (κ2) is 2.59. The summed E-state index contributed by atoms with van der Waals surface area (Å²) in [6, 6.07) is 0.843. The van der Waals surface area contributed by atoms with E-state index >= 15 is 0 Å². The SMILES string of the molecule is CN1CC[C@@H]2C(CCC=O)[C@@H]21. The zero-order valence-electron chi connectivity index (χ0n) is 6.99. The molecule has 0 N–H and O–H groups in total. The highest BCUT2D eigenvalue weighted by molar-refractivity contribution is 5.49. The van der Waals surface area contributed by atoms with Gasteiger partial charge in [0.05, 0.1) is 0 Å². The molecule has 2 nitrogen and oxygen atoms in total. The summed E-state index contributed by atoms with van der Waals surface area (Å²) >= 11 is 0. The number of nitrogens with zero attached hydrogens (tertiary/aromatic N) is 1. The van der Waals surface area contributed by atoms with E-state index in [0.717, 1.165) is 37.0 Å². The molecule has 1 heterocycles. The van der Waals surface area contributed by atoms with E-state index in [4.69, 9.17) is 0 Å². The lowest BCUT2D eigenvalue weighted by Crippen LogP contribution is -2.19. The van der Waals surface area contributed by atoms with Crippen LogP contribution in [-0.2, 0) is 4.79 Å². The highest BCUT2D eigenvalue weighted by atomic mass is 16.1. The van der Waals surface area contributed by atoms with Crippen molar-refractivity contribution in [2.24, 2.45) is 11.8 Å². The van der Waals surface area contributed by atoms with Gasteiger partial charge in [-0.3, -0.25) is 0 Å². The molecule has 0 radical (unpaired) electrons. The van der Waals surface area contributed by atoms with Crippen LogP contribution in [0.3, 0.4) is 0 Å². The lowest BCUT2D eigenvalue weighted by Gasteiger charge is -2.11. The smallest absolute Gasteiger partial charge is 0.120 e. The Kier molecular flexibility index (Phi) is 1.72. The van der Waals surface area contributed by atoms with Crippen LogP contribution >= 0.6 is 0 Å². The Balaban J connectivity index is 1.80. The number of hydrogen-bond donors (Lipinski definition) is 0. The Labute approximate surface area is 67.6 Å². The van der Waals surface area contributed by atoms with Crippen LogP contribution in [0.5, 0.6) is 0 Å². The van der Waals surface area contributed by atoms with E-state index in [0.29, 0.717) is 0 Å². The van der Waals surface area contributed by atoms with Crippen LogP contribution in [0.4, 0.5) is 0 Å². The fourth-order valence-electron chi connectivity index (χ4n) is 2.61. The first-order valence-electron chi connectivity index (χ1n) is 4.48. The van der Waals surface area contributed by atoms with Crippen LogP contribution in [0.1, 0.15) is 19.3 Å². The van der Waals surface area contributed by atoms with Gasteiger partial charge < -0.3 is 9.69 Å². The zero-order valence-corrected chi connectivity index (χ0v) is 6.99. The predicted molar refractivity (Wildman–Crippen MR) is 43.3 cm³/mol. The summed E-state index contributed by atoms with van der Waals surface area (Å²) < 4.78 is 0. The molecule has 0 spiro atoms. The van der Waals surface area contributed by atoms with Crippen LogP contribution in [0.2, 0.25) is 0 Å². The van der Waals surface area contributed by atoms with Crippen molar-refractivity contribution in [3.8, 4) is 0 Å². The molecule has 1 aliphatic carbocycles. The van der Waals surface area contributed by atoms with Gasteiger partial charge in [-0.1, -0.05) is 0 Å². The zero-order chi connectivity index (χ0) is 7.84. The quantitative estimate of drug-likeness (QED) is 0.562. The first-order chi connectivity index (χ1) is 5.34. The van der Waals surface area contributed by atoms with E-state index < -0.39 is 0 Å². The van der Waals surface area contributed by atoms with Crippen LogP contribution < -0.4 is 0 Å². The fourth-order valence-corrected chi connectivity index (χ4v) is 2.61. The Bertz CT molecular complexity index is 169. The molecule has 62 valence electrons. The van der Waals surface area contributed by atoms with Crippen molar-refractivity contribution in [3.63, 3.8) is 0 Å². The third-order valence-electron chi connectivity index (χ3n) is 3.23. The fraction of sp³-hybridized carbons (Fsp3) is 0.889. The van der Waals surface area contributed by atoms with Gasteiger partial charge >= 0.3 is 0 Å². The summed E-state index contributed by atoms with van der Waals surface area (Å²) in [4.78, 5) is 12.6. The molecule has 0 aromatic carbocycles. The lowest BCUT2D eigenvalue weighted by atomic mass is 10.1. The van der Waals surface area contributed by atoms with Gasteiger partial charge in [0.2, 0.25) is 0 Å². The van der Waals surface area contributed by atoms with Crippen LogP contribution in [0, 0.1) is 11.8 Å². The van der Waals surface area contributed by atoms with Crippen LogP contribution in [-0.4, -0.2) is 30.8 Å². The van der Waals surface area contributed by atoms with Gasteiger partial charge in [-0.2, -0.15) is 0 Å². The van der Waals surface area contributed by atoms with Crippen LogP contribution in [0.15, 0.2) is 0 Å². The van der Waals surface area contributed by atoms with Gasteiger partial charge in [0.1, 0.15) is 6.29 Å². The molecular formula is C9H15NO. The standard InChI is InChI=1S/C9H15NO/c1-10-5-4-8-7(9(8)10)3-2-6-11/h6-9H,2-5H2,1H3/t7?,8-,9+/m1/s1. The van der Waals surface area contributed by atoms with Gasteiger partial charge in [-0.25, -0.2) is 0 Å². The summed E-state index contributed by atoms with van der Waals surface area (Å²) in [6.45, 7) is 1.27. The highest BCUT2D eigenvalue weighted by Gasteiger charge is 2.54. The number of aldehydes is 1. The summed E-state index contributed by atoms with van der Waals surface area (Å²) in [5.74, 6) is 1.80. The number of carbonyl (C=O) groups excluding carboxylic acids is 1. The number of likely N-dealkylation sites (tertiary alicyclic amines) is 1. The number of piperidine rings is 1. The third-order valence-corrected chi connectivity index (χ3v) is 3.23. The van der Waals surface area contributed by atoms with E-state index in [2.05, 4.69) is 11.9 Å². The number of rotatable bonds is 3. The lowest BCUT2D eigenvalue weighted by molar-refractivity contribution is -0.108. The molecule has 0 aromatic rings. The molecule has 3 atom stereocenters. The molecule has 2 aliphatic rings. The van der Waals surface area contributed by atoms with Crippen molar-refractivity contribution in [1.29, 1.82) is 0 Å². The minimum absolute atomic E-state index is 0.769. The number of hydrogen-bond acceptors (Lipinski definition) is 2. The van der Waals surface area contributed by atoms with Gasteiger partial charge in [-0.15, -0.1) is 0 Å². The number of fused-ring (bicyclic) bond motifs is 1. The number of carbonyl (C=O) groups is 1. The van der Waals surface area contributed by atoms with E-state index in [1.54, 1.807) is 0 Å². The third kappa shape index (κ3) is 1.09. The maximum absolute atomic E-state index is 10.1. The Morgan fingerprint density at radius 3 is 3.00 bits per heavy atom. The summed E-state index contributed by atoms with van der Waals surface area (Å²) in [6.07, 6.45) is 4.31. The Hall–Kier alpha value is -0.370. The topological polar surface area (TPSA) is 20.3 Å². The Morgan fingerprint density at radius 1 is 1.64 bits per heavy atom. The maximum Gasteiger partial charge on any atom is 0.120 e. The summed E-state index contributed by atoms with van der Waals surface area (Å²) in [7, 11) is 2.20. The molecule has 0 amide bonds. The van der Waals surface area contributed by atoms with E-state index in [1.165, 1.54) is 13.0 Å².